The van der Waals surface area contributed by atoms with Crippen LogP contribution in [0.4, 0.5) is 0 Å². The van der Waals surface area contributed by atoms with Gasteiger partial charge in [-0.25, -0.2) is 28.8 Å². The normalized spacial score (nSPS) is 10.2. The molecule has 0 aliphatic rings. The molecule has 0 N–H and O–H groups in total. The van der Waals surface area contributed by atoms with E-state index in [0.29, 0.717) is 23.0 Å². The SMILES string of the molecule is C=CC(=O)OCCOc1ccc(C(C)(C)c2ccc(OCCOC(=O)C=C)cc2)cc1.C=CC(=O)OCCOc1ccc(C(C)(C)c2ccc(OCCOC(=O)C=C)cc2)cc1.C=CC(=O)OCOC(=O)C=C. The Morgan fingerprint density at radius 3 is 0.671 bits per heavy atom. The summed E-state index contributed by atoms with van der Waals surface area (Å²) in [4.78, 5) is 64.7. The lowest BCUT2D eigenvalue weighted by Crippen LogP contribution is -2.19. The van der Waals surface area contributed by atoms with Gasteiger partial charge < -0.3 is 47.4 Å². The average Bonchev–Trinajstić information content (AvgIpc) is 3.41. The fourth-order valence-corrected chi connectivity index (χ4v) is 5.91. The molecule has 0 aliphatic heterocycles. The molecule has 0 spiro atoms. The number of rotatable bonds is 28. The van der Waals surface area contributed by atoms with Crippen molar-refractivity contribution in [2.45, 2.75) is 38.5 Å². The van der Waals surface area contributed by atoms with Crippen LogP contribution < -0.4 is 18.9 Å². The Hall–Kier alpha value is -8.66. The summed E-state index contributed by atoms with van der Waals surface area (Å²) >= 11 is 0. The average molecular weight is 1010 g/mol. The second-order valence-electron chi connectivity index (χ2n) is 15.7. The van der Waals surface area contributed by atoms with Gasteiger partial charge in [-0.1, -0.05) is 116 Å². The zero-order valence-corrected chi connectivity index (χ0v) is 41.8. The van der Waals surface area contributed by atoms with Crippen LogP contribution in [-0.4, -0.2) is 95.5 Å². The Labute approximate surface area is 427 Å². The molecule has 73 heavy (non-hydrogen) atoms. The van der Waals surface area contributed by atoms with Crippen LogP contribution in [0.2, 0.25) is 0 Å². The van der Waals surface area contributed by atoms with Gasteiger partial charge in [-0.05, 0) is 70.8 Å². The maximum atomic E-state index is 11.0. The second kappa shape index (κ2) is 33.0. The molecular weight excluding hydrogens is 941 g/mol. The Balaban J connectivity index is 0.000000416. The summed E-state index contributed by atoms with van der Waals surface area (Å²) in [5.41, 5.74) is 4.06. The molecule has 0 atom stereocenters. The third-order valence-corrected chi connectivity index (χ3v) is 10.1. The van der Waals surface area contributed by atoms with Gasteiger partial charge >= 0.3 is 35.8 Å². The van der Waals surface area contributed by atoms with E-state index in [9.17, 15) is 28.8 Å². The summed E-state index contributed by atoms with van der Waals surface area (Å²) in [5.74, 6) is -0.317. The van der Waals surface area contributed by atoms with E-state index in [1.807, 2.05) is 97.1 Å². The van der Waals surface area contributed by atoms with E-state index < -0.39 is 42.6 Å². The van der Waals surface area contributed by atoms with Crippen molar-refractivity contribution in [3.05, 3.63) is 195 Å². The second-order valence-corrected chi connectivity index (χ2v) is 15.7. The largest absolute Gasteiger partial charge is 0.490 e. The lowest BCUT2D eigenvalue weighted by molar-refractivity contribution is -0.160. The number of hydrogen-bond donors (Lipinski definition) is 0. The van der Waals surface area contributed by atoms with E-state index in [-0.39, 0.29) is 63.7 Å². The highest BCUT2D eigenvalue weighted by Gasteiger charge is 2.24. The smallest absolute Gasteiger partial charge is 0.333 e. The molecule has 0 unspecified atom stereocenters. The van der Waals surface area contributed by atoms with Crippen molar-refractivity contribution in [2.75, 3.05) is 59.6 Å². The zero-order valence-electron chi connectivity index (χ0n) is 41.8. The Morgan fingerprint density at radius 1 is 0.315 bits per heavy atom. The van der Waals surface area contributed by atoms with Crippen molar-refractivity contribution in [3.8, 4) is 23.0 Å². The van der Waals surface area contributed by atoms with E-state index in [2.05, 4.69) is 76.6 Å². The molecule has 0 saturated carbocycles. The minimum absolute atomic E-state index is 0.170. The Kier molecular flexibility index (Phi) is 27.3. The van der Waals surface area contributed by atoms with Gasteiger partial charge in [0.15, 0.2) is 0 Å². The minimum atomic E-state index is -0.637. The molecule has 16 heteroatoms. The van der Waals surface area contributed by atoms with Crippen LogP contribution in [0.15, 0.2) is 173 Å². The number of carbonyl (C=O) groups excluding carboxylic acids is 6. The van der Waals surface area contributed by atoms with E-state index in [1.54, 1.807) is 0 Å². The van der Waals surface area contributed by atoms with Crippen molar-refractivity contribution in [2.24, 2.45) is 0 Å². The van der Waals surface area contributed by atoms with Crippen LogP contribution in [0.1, 0.15) is 49.9 Å². The number of esters is 6. The van der Waals surface area contributed by atoms with Gasteiger partial charge in [0.2, 0.25) is 6.79 Å². The number of ether oxygens (including phenoxy) is 10. The van der Waals surface area contributed by atoms with Gasteiger partial charge in [-0.15, -0.1) is 0 Å². The van der Waals surface area contributed by atoms with Crippen LogP contribution in [-0.2, 0) is 68.0 Å². The summed E-state index contributed by atoms with van der Waals surface area (Å²) < 4.78 is 50.6. The maximum Gasteiger partial charge on any atom is 0.333 e. The van der Waals surface area contributed by atoms with Crippen LogP contribution in [0.5, 0.6) is 23.0 Å². The third-order valence-electron chi connectivity index (χ3n) is 10.1. The topological polar surface area (TPSA) is 195 Å². The number of hydrogen-bond acceptors (Lipinski definition) is 16. The fourth-order valence-electron chi connectivity index (χ4n) is 5.91. The first-order valence-corrected chi connectivity index (χ1v) is 22.6. The Morgan fingerprint density at radius 2 is 0.493 bits per heavy atom. The highest BCUT2D eigenvalue weighted by molar-refractivity contribution is 5.83. The zero-order chi connectivity index (χ0) is 54.1. The molecule has 388 valence electrons. The van der Waals surface area contributed by atoms with E-state index in [4.69, 9.17) is 37.9 Å². The monoisotopic (exact) mass is 1000 g/mol. The van der Waals surface area contributed by atoms with Crippen molar-refractivity contribution in [1.29, 1.82) is 0 Å². The maximum absolute atomic E-state index is 11.0. The summed E-state index contributed by atoms with van der Waals surface area (Å²) in [7, 11) is 0. The molecule has 0 aromatic heterocycles. The van der Waals surface area contributed by atoms with Crippen LogP contribution in [0, 0.1) is 0 Å². The molecule has 0 amide bonds. The fraction of sp³-hybridized carbons (Fsp3) is 0.263. The molecule has 16 nitrogen and oxygen atoms in total. The van der Waals surface area contributed by atoms with Gasteiger partial charge in [0.25, 0.3) is 0 Å². The lowest BCUT2D eigenvalue weighted by Gasteiger charge is -2.26. The van der Waals surface area contributed by atoms with Gasteiger partial charge in [0.1, 0.15) is 75.9 Å². The molecule has 0 heterocycles. The highest BCUT2D eigenvalue weighted by Crippen LogP contribution is 2.35. The third kappa shape index (κ3) is 23.2. The molecule has 4 rings (SSSR count). The lowest BCUT2D eigenvalue weighted by atomic mass is 9.78. The predicted octanol–water partition coefficient (Wildman–Crippen LogP) is 8.86. The summed E-state index contributed by atoms with van der Waals surface area (Å²) in [5, 5.41) is 0. The molecule has 4 aromatic rings. The molecular formula is C57H64O16. The van der Waals surface area contributed by atoms with Crippen molar-refractivity contribution >= 4 is 35.8 Å². The summed E-state index contributed by atoms with van der Waals surface area (Å²) in [6, 6.07) is 31.3. The van der Waals surface area contributed by atoms with Crippen molar-refractivity contribution in [3.63, 3.8) is 0 Å². The standard InChI is InChI=1S/2C25H28O6.C7H8O4/c2*1-5-23(26)30-17-15-28-21-11-7-19(8-12-21)25(3,4)20-9-13-22(14-10-20)29-16-18-31-24(27)6-2;1-3-6(8)10-5-11-7(9)4-2/h2*5-14H,1-2,15-18H2,3-4H3;3-4H,1-2,5H2. The van der Waals surface area contributed by atoms with Crippen molar-refractivity contribution in [1.82, 2.24) is 0 Å². The van der Waals surface area contributed by atoms with Crippen LogP contribution in [0.3, 0.4) is 0 Å². The van der Waals surface area contributed by atoms with Crippen molar-refractivity contribution < 1.29 is 76.1 Å². The van der Waals surface area contributed by atoms with Crippen LogP contribution in [0.25, 0.3) is 0 Å². The Bertz CT molecular complexity index is 2110. The predicted molar refractivity (Wildman–Crippen MR) is 274 cm³/mol. The molecule has 4 aromatic carbocycles. The first-order chi connectivity index (χ1) is 34.9. The summed E-state index contributed by atoms with van der Waals surface area (Å²) in [6.45, 7) is 29.6. The number of benzene rings is 4. The first-order valence-electron chi connectivity index (χ1n) is 22.6. The number of carbonyl (C=O) groups is 6. The first kappa shape index (κ1) is 60.5. The summed E-state index contributed by atoms with van der Waals surface area (Å²) in [6.07, 6.45) is 6.43. The van der Waals surface area contributed by atoms with Crippen LogP contribution >= 0.6 is 0 Å². The minimum Gasteiger partial charge on any atom is -0.490 e. The molecule has 0 aliphatic carbocycles. The van der Waals surface area contributed by atoms with Gasteiger partial charge in [0.05, 0.1) is 0 Å². The quantitative estimate of drug-likeness (QED) is 0.0172. The van der Waals surface area contributed by atoms with Gasteiger partial charge in [-0.3, -0.25) is 0 Å². The van der Waals surface area contributed by atoms with Gasteiger partial charge in [-0.2, -0.15) is 0 Å². The van der Waals surface area contributed by atoms with Gasteiger partial charge in [0, 0.05) is 47.3 Å². The molecule has 0 radical (unpaired) electrons. The van der Waals surface area contributed by atoms with E-state index in [0.717, 1.165) is 58.7 Å². The highest BCUT2D eigenvalue weighted by atomic mass is 16.7. The van der Waals surface area contributed by atoms with E-state index >= 15 is 0 Å². The molecule has 0 saturated heterocycles. The van der Waals surface area contributed by atoms with E-state index in [1.165, 1.54) is 0 Å². The molecule has 0 bridgehead atoms. The molecule has 0 fully saturated rings.